The second-order valence-electron chi connectivity index (χ2n) is 5.60. The molecule has 0 spiro atoms. The molecular formula is C17H22N4O2. The van der Waals surface area contributed by atoms with Crippen molar-refractivity contribution in [3.05, 3.63) is 35.2 Å². The van der Waals surface area contributed by atoms with Gasteiger partial charge in [-0.3, -0.25) is 9.48 Å². The summed E-state index contributed by atoms with van der Waals surface area (Å²) in [6, 6.07) is 5.73. The van der Waals surface area contributed by atoms with Gasteiger partial charge in [0.25, 0.3) is 5.91 Å². The van der Waals surface area contributed by atoms with Crippen LogP contribution in [0.15, 0.2) is 18.2 Å². The van der Waals surface area contributed by atoms with E-state index in [0.29, 0.717) is 5.75 Å². The first kappa shape index (κ1) is 15.4. The molecule has 0 fully saturated rings. The van der Waals surface area contributed by atoms with Crippen molar-refractivity contribution < 1.29 is 9.53 Å². The number of carbonyl (C=O) groups excluding carboxylic acids is 1. The Bertz CT molecular complexity index is 736. The topological polar surface area (TPSA) is 68.2 Å². The molecule has 2 N–H and O–H groups in total. The molecule has 2 heterocycles. The zero-order valence-electron chi connectivity index (χ0n) is 13.8. The van der Waals surface area contributed by atoms with E-state index in [1.807, 2.05) is 29.9 Å². The van der Waals surface area contributed by atoms with Crippen LogP contribution in [0.2, 0.25) is 0 Å². The first-order valence-corrected chi connectivity index (χ1v) is 7.96. The third-order valence-corrected chi connectivity index (χ3v) is 4.11. The summed E-state index contributed by atoms with van der Waals surface area (Å²) in [6.07, 6.45) is 1.88. The zero-order chi connectivity index (χ0) is 16.4. The molecule has 6 nitrogen and oxygen atoms in total. The van der Waals surface area contributed by atoms with E-state index >= 15 is 0 Å². The highest BCUT2D eigenvalue weighted by Gasteiger charge is 2.17. The fourth-order valence-electron chi connectivity index (χ4n) is 2.97. The summed E-state index contributed by atoms with van der Waals surface area (Å²) in [7, 11) is 2.00. The summed E-state index contributed by atoms with van der Waals surface area (Å²) in [5.41, 5.74) is 5.35. The highest BCUT2D eigenvalue weighted by Crippen LogP contribution is 2.31. The van der Waals surface area contributed by atoms with Crippen LogP contribution in [0.3, 0.4) is 0 Å². The lowest BCUT2D eigenvalue weighted by Gasteiger charge is -2.19. The Morgan fingerprint density at radius 3 is 2.91 bits per heavy atom. The van der Waals surface area contributed by atoms with Gasteiger partial charge in [-0.15, -0.1) is 0 Å². The number of fused-ring (bicyclic) bond motifs is 1. The summed E-state index contributed by atoms with van der Waals surface area (Å²) in [5, 5.41) is 10.8. The van der Waals surface area contributed by atoms with Gasteiger partial charge in [-0.1, -0.05) is 13.8 Å². The van der Waals surface area contributed by atoms with Gasteiger partial charge >= 0.3 is 0 Å². The van der Waals surface area contributed by atoms with Crippen LogP contribution in [0.4, 0.5) is 11.4 Å². The quantitative estimate of drug-likeness (QED) is 0.890. The van der Waals surface area contributed by atoms with Crippen molar-refractivity contribution in [1.82, 2.24) is 9.78 Å². The molecule has 23 heavy (non-hydrogen) atoms. The van der Waals surface area contributed by atoms with Crippen LogP contribution in [0.1, 0.15) is 30.8 Å². The molecule has 1 aliphatic rings. The van der Waals surface area contributed by atoms with E-state index in [1.165, 1.54) is 11.3 Å². The maximum Gasteiger partial charge on any atom is 0.262 e. The molecule has 0 unspecified atom stereocenters. The van der Waals surface area contributed by atoms with Gasteiger partial charge in [-0.25, -0.2) is 0 Å². The highest BCUT2D eigenvalue weighted by molar-refractivity contribution is 5.95. The molecule has 1 amide bonds. The van der Waals surface area contributed by atoms with E-state index in [4.69, 9.17) is 4.74 Å². The number of aromatic nitrogens is 2. The third kappa shape index (κ3) is 3.02. The van der Waals surface area contributed by atoms with Crippen molar-refractivity contribution in [2.24, 2.45) is 7.05 Å². The maximum absolute atomic E-state index is 11.3. The molecule has 0 radical (unpaired) electrons. The van der Waals surface area contributed by atoms with E-state index < -0.39 is 0 Å². The molecule has 0 atom stereocenters. The molecule has 3 rings (SSSR count). The van der Waals surface area contributed by atoms with Gasteiger partial charge in [0.15, 0.2) is 6.61 Å². The van der Waals surface area contributed by atoms with E-state index in [9.17, 15) is 4.79 Å². The summed E-state index contributed by atoms with van der Waals surface area (Å²) < 4.78 is 7.43. The van der Waals surface area contributed by atoms with Crippen LogP contribution in [0.5, 0.6) is 5.75 Å². The number of rotatable bonds is 5. The number of amides is 1. The Kier molecular flexibility index (Phi) is 4.23. The first-order chi connectivity index (χ1) is 11.1. The van der Waals surface area contributed by atoms with Crippen LogP contribution in [0.25, 0.3) is 0 Å². The van der Waals surface area contributed by atoms with E-state index in [0.717, 1.165) is 36.5 Å². The van der Waals surface area contributed by atoms with Crippen LogP contribution < -0.4 is 15.4 Å². The second kappa shape index (κ2) is 6.32. The number of ether oxygens (including phenoxy) is 1. The van der Waals surface area contributed by atoms with Crippen LogP contribution in [0, 0.1) is 0 Å². The summed E-state index contributed by atoms with van der Waals surface area (Å²) in [5.74, 6) is 0.584. The maximum atomic E-state index is 11.3. The third-order valence-electron chi connectivity index (χ3n) is 4.11. The number of hydrogen-bond donors (Lipinski definition) is 2. The Morgan fingerprint density at radius 2 is 2.17 bits per heavy atom. The molecule has 0 saturated heterocycles. The lowest BCUT2D eigenvalue weighted by atomic mass is 10.1. The highest BCUT2D eigenvalue weighted by atomic mass is 16.5. The monoisotopic (exact) mass is 314 g/mol. The Hall–Kier alpha value is -2.50. The van der Waals surface area contributed by atoms with E-state index in [2.05, 4.69) is 29.6 Å². The van der Waals surface area contributed by atoms with Crippen molar-refractivity contribution in [1.29, 1.82) is 0 Å². The van der Waals surface area contributed by atoms with Crippen molar-refractivity contribution in [2.45, 2.75) is 33.2 Å². The van der Waals surface area contributed by atoms with E-state index in [1.54, 1.807) is 0 Å². The molecule has 1 aliphatic heterocycles. The predicted molar refractivity (Wildman–Crippen MR) is 89.9 cm³/mol. The lowest BCUT2D eigenvalue weighted by molar-refractivity contribution is -0.118. The molecule has 1 aromatic heterocycles. The van der Waals surface area contributed by atoms with E-state index in [-0.39, 0.29) is 12.5 Å². The average Bonchev–Trinajstić information content (AvgIpc) is 2.87. The predicted octanol–water partition coefficient (Wildman–Crippen LogP) is 2.49. The fraction of sp³-hybridized carbons (Fsp3) is 0.412. The SMILES string of the molecule is CCc1nn(C)c(CC)c1CNc1ccc2c(c1)OCC(=O)N2. The number of carbonyl (C=O) groups is 1. The van der Waals surface area contributed by atoms with Gasteiger partial charge in [-0.05, 0) is 25.0 Å². The lowest BCUT2D eigenvalue weighted by Crippen LogP contribution is -2.25. The largest absolute Gasteiger partial charge is 0.482 e. The van der Waals surface area contributed by atoms with Crippen molar-refractivity contribution >= 4 is 17.3 Å². The summed E-state index contributed by atoms with van der Waals surface area (Å²) in [6.45, 7) is 5.07. The van der Waals surface area contributed by atoms with Gasteiger partial charge in [-0.2, -0.15) is 5.10 Å². The van der Waals surface area contributed by atoms with Gasteiger partial charge in [0.1, 0.15) is 5.75 Å². The Morgan fingerprint density at radius 1 is 1.35 bits per heavy atom. The molecule has 122 valence electrons. The van der Waals surface area contributed by atoms with Gasteiger partial charge in [0.05, 0.1) is 11.4 Å². The normalized spacial score (nSPS) is 13.3. The van der Waals surface area contributed by atoms with Gasteiger partial charge in [0, 0.05) is 36.6 Å². The fourth-order valence-corrected chi connectivity index (χ4v) is 2.97. The molecule has 0 aliphatic carbocycles. The summed E-state index contributed by atoms with van der Waals surface area (Å²) >= 11 is 0. The van der Waals surface area contributed by atoms with Crippen LogP contribution >= 0.6 is 0 Å². The van der Waals surface area contributed by atoms with Gasteiger partial charge in [0.2, 0.25) is 0 Å². The standard InChI is InChI=1S/C17H22N4O2/c1-4-13-12(15(5-2)21(3)20-13)9-18-11-6-7-14-16(8-11)23-10-17(22)19-14/h6-8,18H,4-5,9-10H2,1-3H3,(H,19,22). The second-order valence-corrected chi connectivity index (χ2v) is 5.60. The van der Waals surface area contributed by atoms with Gasteiger partial charge < -0.3 is 15.4 Å². The number of hydrogen-bond acceptors (Lipinski definition) is 4. The van der Waals surface area contributed by atoms with Crippen LogP contribution in [-0.4, -0.2) is 22.3 Å². The first-order valence-electron chi connectivity index (χ1n) is 7.96. The summed E-state index contributed by atoms with van der Waals surface area (Å²) in [4.78, 5) is 11.3. The molecule has 0 bridgehead atoms. The Balaban J connectivity index is 1.78. The minimum Gasteiger partial charge on any atom is -0.482 e. The average molecular weight is 314 g/mol. The molecule has 0 saturated carbocycles. The minimum atomic E-state index is -0.117. The molecule has 2 aromatic rings. The van der Waals surface area contributed by atoms with Crippen LogP contribution in [-0.2, 0) is 31.2 Å². The van der Waals surface area contributed by atoms with Crippen molar-refractivity contribution in [3.8, 4) is 5.75 Å². The smallest absolute Gasteiger partial charge is 0.262 e. The minimum absolute atomic E-state index is 0.0685. The molecule has 1 aromatic carbocycles. The zero-order valence-corrected chi connectivity index (χ0v) is 13.8. The number of anilines is 2. The molecular weight excluding hydrogens is 292 g/mol. The molecule has 6 heteroatoms. The van der Waals surface area contributed by atoms with Crippen molar-refractivity contribution in [2.75, 3.05) is 17.2 Å². The number of nitrogens with one attached hydrogen (secondary N) is 2. The van der Waals surface area contributed by atoms with Crippen molar-refractivity contribution in [3.63, 3.8) is 0 Å². The Labute approximate surface area is 135 Å². The number of aryl methyl sites for hydroxylation is 2. The number of benzene rings is 1. The number of nitrogens with zero attached hydrogens (tertiary/aromatic N) is 2.